The Hall–Kier alpha value is -3.69. The monoisotopic (exact) mass is 482 g/mol. The van der Waals surface area contributed by atoms with E-state index in [-0.39, 0.29) is 22.7 Å². The molecular weight excluding hydrogens is 459 g/mol. The van der Waals surface area contributed by atoms with Gasteiger partial charge in [-0.3, -0.25) is 14.4 Å². The van der Waals surface area contributed by atoms with Crippen molar-refractivity contribution in [2.24, 2.45) is 0 Å². The highest BCUT2D eigenvalue weighted by molar-refractivity contribution is 7.92. The van der Waals surface area contributed by atoms with E-state index >= 15 is 0 Å². The first-order valence-corrected chi connectivity index (χ1v) is 12.2. The average molecular weight is 483 g/mol. The normalized spacial score (nSPS) is 11.5. The number of carbonyl (C=O) groups excluding carboxylic acids is 1. The van der Waals surface area contributed by atoms with Crippen LogP contribution in [0.5, 0.6) is 0 Å². The molecule has 0 bridgehead atoms. The molecule has 176 valence electrons. The smallest absolute Gasteiger partial charge is 0.279 e. The minimum Gasteiger partial charge on any atom is -0.455 e. The average Bonchev–Trinajstić information content (AvgIpc) is 3.18. The van der Waals surface area contributed by atoms with Gasteiger partial charge in [0.1, 0.15) is 17.2 Å². The molecule has 1 heterocycles. The number of hydroxylamine groups is 1. The van der Waals surface area contributed by atoms with Crippen LogP contribution in [0, 0.1) is 5.82 Å². The van der Waals surface area contributed by atoms with Crippen LogP contribution in [0.1, 0.15) is 23.7 Å². The SMILES string of the molecule is CCCS(=O)(=O)Nc1cc2oc(-c3ccc(F)cc3)c(C(=O)NOC)c2cc1-c1ccccc1. The molecule has 3 aromatic carbocycles. The van der Waals surface area contributed by atoms with E-state index < -0.39 is 21.7 Å². The molecule has 2 N–H and O–H groups in total. The van der Waals surface area contributed by atoms with E-state index in [2.05, 4.69) is 10.2 Å². The third-order valence-corrected chi connectivity index (χ3v) is 6.66. The molecule has 0 aliphatic carbocycles. The van der Waals surface area contributed by atoms with Gasteiger partial charge in [0.25, 0.3) is 5.91 Å². The molecule has 4 aromatic rings. The Kier molecular flexibility index (Phi) is 6.67. The molecule has 34 heavy (non-hydrogen) atoms. The minimum absolute atomic E-state index is 0.0419. The highest BCUT2D eigenvalue weighted by Gasteiger charge is 2.25. The number of hydrogen-bond donors (Lipinski definition) is 2. The van der Waals surface area contributed by atoms with Gasteiger partial charge in [0, 0.05) is 22.6 Å². The van der Waals surface area contributed by atoms with Gasteiger partial charge in [-0.25, -0.2) is 18.3 Å². The maximum atomic E-state index is 13.5. The van der Waals surface area contributed by atoms with Gasteiger partial charge in [0.2, 0.25) is 10.0 Å². The molecule has 0 radical (unpaired) electrons. The zero-order valence-corrected chi connectivity index (χ0v) is 19.4. The van der Waals surface area contributed by atoms with Gasteiger partial charge in [-0.2, -0.15) is 0 Å². The summed E-state index contributed by atoms with van der Waals surface area (Å²) in [5.41, 5.74) is 4.91. The van der Waals surface area contributed by atoms with E-state index in [1.165, 1.54) is 31.4 Å². The topological polar surface area (TPSA) is 97.6 Å². The minimum atomic E-state index is -3.60. The van der Waals surface area contributed by atoms with Crippen LogP contribution >= 0.6 is 0 Å². The number of carbonyl (C=O) groups is 1. The van der Waals surface area contributed by atoms with Crippen LogP contribution in [0.2, 0.25) is 0 Å². The molecule has 0 saturated heterocycles. The summed E-state index contributed by atoms with van der Waals surface area (Å²) in [6.07, 6.45) is 0.453. The fourth-order valence-electron chi connectivity index (χ4n) is 3.74. The van der Waals surface area contributed by atoms with Crippen LogP contribution in [0.4, 0.5) is 10.1 Å². The third-order valence-electron chi connectivity index (χ3n) is 5.18. The maximum Gasteiger partial charge on any atom is 0.279 e. The summed E-state index contributed by atoms with van der Waals surface area (Å²) in [7, 11) is -2.29. The molecule has 1 aromatic heterocycles. The van der Waals surface area contributed by atoms with Gasteiger partial charge < -0.3 is 4.42 Å². The Morgan fingerprint density at radius 1 is 1.03 bits per heavy atom. The summed E-state index contributed by atoms with van der Waals surface area (Å²) in [5, 5.41) is 0.450. The van der Waals surface area contributed by atoms with Crippen molar-refractivity contribution in [3.63, 3.8) is 0 Å². The summed E-state index contributed by atoms with van der Waals surface area (Å²) >= 11 is 0. The quantitative estimate of drug-likeness (QED) is 0.330. The van der Waals surface area contributed by atoms with Crippen molar-refractivity contribution in [2.45, 2.75) is 13.3 Å². The van der Waals surface area contributed by atoms with E-state index in [9.17, 15) is 17.6 Å². The number of sulfonamides is 1. The summed E-state index contributed by atoms with van der Waals surface area (Å²) in [6.45, 7) is 1.78. The lowest BCUT2D eigenvalue weighted by Crippen LogP contribution is -2.22. The molecule has 0 atom stereocenters. The zero-order chi connectivity index (χ0) is 24.3. The van der Waals surface area contributed by atoms with Gasteiger partial charge in [-0.05, 0) is 42.3 Å². The summed E-state index contributed by atoms with van der Waals surface area (Å²) in [4.78, 5) is 17.8. The van der Waals surface area contributed by atoms with Crippen molar-refractivity contribution in [2.75, 3.05) is 17.6 Å². The molecule has 0 unspecified atom stereocenters. The lowest BCUT2D eigenvalue weighted by atomic mass is 9.99. The summed E-state index contributed by atoms with van der Waals surface area (Å²) in [5.74, 6) is -0.822. The van der Waals surface area contributed by atoms with E-state index in [0.29, 0.717) is 28.6 Å². The number of benzene rings is 3. The van der Waals surface area contributed by atoms with Gasteiger partial charge in [0.05, 0.1) is 24.1 Å². The summed E-state index contributed by atoms with van der Waals surface area (Å²) < 4.78 is 47.3. The largest absolute Gasteiger partial charge is 0.455 e. The number of furan rings is 1. The highest BCUT2D eigenvalue weighted by atomic mass is 32.2. The predicted molar refractivity (Wildman–Crippen MR) is 129 cm³/mol. The van der Waals surface area contributed by atoms with Crippen LogP contribution in [-0.2, 0) is 14.9 Å². The molecule has 0 spiro atoms. The number of fused-ring (bicyclic) bond motifs is 1. The van der Waals surface area contributed by atoms with Crippen molar-refractivity contribution in [1.29, 1.82) is 0 Å². The molecule has 0 saturated carbocycles. The number of hydrogen-bond acceptors (Lipinski definition) is 5. The van der Waals surface area contributed by atoms with Crippen LogP contribution in [0.15, 0.2) is 71.1 Å². The first-order valence-electron chi connectivity index (χ1n) is 10.6. The van der Waals surface area contributed by atoms with Gasteiger partial charge in [-0.1, -0.05) is 37.3 Å². The Labute approximate surface area is 196 Å². The molecule has 0 fully saturated rings. The molecule has 0 aliphatic heterocycles. The Morgan fingerprint density at radius 2 is 1.74 bits per heavy atom. The van der Waals surface area contributed by atoms with Crippen molar-refractivity contribution in [1.82, 2.24) is 5.48 Å². The Balaban J connectivity index is 2.00. The molecule has 1 amide bonds. The van der Waals surface area contributed by atoms with Crippen molar-refractivity contribution >= 4 is 32.6 Å². The highest BCUT2D eigenvalue weighted by Crippen LogP contribution is 2.40. The lowest BCUT2D eigenvalue weighted by molar-refractivity contribution is 0.0539. The number of anilines is 1. The number of nitrogens with one attached hydrogen (secondary N) is 2. The predicted octanol–water partition coefficient (Wildman–Crippen LogP) is 5.35. The second-order valence-electron chi connectivity index (χ2n) is 7.63. The van der Waals surface area contributed by atoms with Gasteiger partial charge >= 0.3 is 0 Å². The van der Waals surface area contributed by atoms with Crippen LogP contribution in [0.3, 0.4) is 0 Å². The van der Waals surface area contributed by atoms with E-state index in [0.717, 1.165) is 5.56 Å². The second kappa shape index (κ2) is 9.66. The Bertz CT molecular complexity index is 1430. The van der Waals surface area contributed by atoms with E-state index in [4.69, 9.17) is 9.25 Å². The van der Waals surface area contributed by atoms with E-state index in [1.807, 2.05) is 30.3 Å². The van der Waals surface area contributed by atoms with Crippen LogP contribution < -0.4 is 10.2 Å². The first kappa shape index (κ1) is 23.5. The first-order chi connectivity index (χ1) is 16.3. The van der Waals surface area contributed by atoms with Crippen LogP contribution in [0.25, 0.3) is 33.4 Å². The number of rotatable bonds is 8. The summed E-state index contributed by atoms with van der Waals surface area (Å²) in [6, 6.07) is 18.0. The van der Waals surface area contributed by atoms with E-state index in [1.54, 1.807) is 19.1 Å². The fraction of sp³-hybridized carbons (Fsp3) is 0.160. The van der Waals surface area contributed by atoms with Crippen LogP contribution in [-0.4, -0.2) is 27.2 Å². The Morgan fingerprint density at radius 3 is 2.38 bits per heavy atom. The molecule has 7 nitrogen and oxygen atoms in total. The number of halogens is 1. The lowest BCUT2D eigenvalue weighted by Gasteiger charge is -2.13. The van der Waals surface area contributed by atoms with Gasteiger partial charge in [0.15, 0.2) is 0 Å². The number of amides is 1. The molecule has 9 heteroatoms. The standard InChI is InChI=1S/C25H23FN2O5S/c1-3-13-34(30,31)28-21-15-22-20(14-19(21)16-7-5-4-6-8-16)23(25(29)27-32-2)24(33-22)17-9-11-18(26)12-10-17/h4-12,14-15,28H,3,13H2,1-2H3,(H,27,29). The van der Waals surface area contributed by atoms with Crippen molar-refractivity contribution in [3.8, 4) is 22.5 Å². The molecule has 0 aliphatic rings. The van der Waals surface area contributed by atoms with Crippen molar-refractivity contribution in [3.05, 3.63) is 78.1 Å². The molecular formula is C25H23FN2O5S. The van der Waals surface area contributed by atoms with Crippen molar-refractivity contribution < 1.29 is 26.9 Å². The fourth-order valence-corrected chi connectivity index (χ4v) is 4.89. The second-order valence-corrected chi connectivity index (χ2v) is 9.47. The zero-order valence-electron chi connectivity index (χ0n) is 18.6. The maximum absolute atomic E-state index is 13.5. The third kappa shape index (κ3) is 4.80. The van der Waals surface area contributed by atoms with Gasteiger partial charge in [-0.15, -0.1) is 0 Å². The molecule has 4 rings (SSSR count).